The lowest BCUT2D eigenvalue weighted by molar-refractivity contribution is -0.138. The second-order valence-corrected chi connectivity index (χ2v) is 8.49. The highest BCUT2D eigenvalue weighted by atomic mass is 16.5. The van der Waals surface area contributed by atoms with E-state index in [1.165, 1.54) is 0 Å². The summed E-state index contributed by atoms with van der Waals surface area (Å²) in [4.78, 5) is 53.6. The highest BCUT2D eigenvalue weighted by Gasteiger charge is 2.35. The van der Waals surface area contributed by atoms with Crippen molar-refractivity contribution >= 4 is 24.6 Å². The van der Waals surface area contributed by atoms with Crippen molar-refractivity contribution in [2.45, 2.75) is 25.4 Å². The van der Waals surface area contributed by atoms with E-state index >= 15 is 0 Å². The SMILES string of the molecule is COc1ccc(-c2ccc(CCC(OC=O)C(C=O)CCN3C(=O)c4ccccc4C3=O)cc2)cn1. The van der Waals surface area contributed by atoms with Crippen molar-refractivity contribution in [3.05, 3.63) is 83.6 Å². The molecule has 0 radical (unpaired) electrons. The maximum Gasteiger partial charge on any atom is 0.293 e. The third-order valence-corrected chi connectivity index (χ3v) is 6.40. The highest BCUT2D eigenvalue weighted by molar-refractivity contribution is 6.21. The predicted molar refractivity (Wildman–Crippen MR) is 131 cm³/mol. The zero-order valence-corrected chi connectivity index (χ0v) is 19.8. The molecule has 1 aliphatic heterocycles. The van der Waals surface area contributed by atoms with Crippen LogP contribution in [0.25, 0.3) is 11.1 Å². The third kappa shape index (κ3) is 5.33. The number of hydrogen-bond donors (Lipinski definition) is 0. The number of imide groups is 1. The molecule has 0 saturated carbocycles. The van der Waals surface area contributed by atoms with Crippen molar-refractivity contribution in [1.82, 2.24) is 9.88 Å². The van der Waals surface area contributed by atoms with Crippen LogP contribution in [0, 0.1) is 5.92 Å². The summed E-state index contributed by atoms with van der Waals surface area (Å²) in [5, 5.41) is 0. The smallest absolute Gasteiger partial charge is 0.293 e. The van der Waals surface area contributed by atoms with Gasteiger partial charge >= 0.3 is 0 Å². The van der Waals surface area contributed by atoms with Gasteiger partial charge in [0.05, 0.1) is 24.2 Å². The van der Waals surface area contributed by atoms with Crippen LogP contribution >= 0.6 is 0 Å². The minimum Gasteiger partial charge on any atom is -0.481 e. The van der Waals surface area contributed by atoms with Crippen LogP contribution in [-0.2, 0) is 20.7 Å². The zero-order chi connectivity index (χ0) is 25.5. The molecule has 1 aliphatic rings. The number of aryl methyl sites for hydroxylation is 1. The molecule has 2 heterocycles. The second kappa shape index (κ2) is 11.4. The second-order valence-electron chi connectivity index (χ2n) is 8.49. The molecule has 2 unspecified atom stereocenters. The predicted octanol–water partition coefficient (Wildman–Crippen LogP) is 3.73. The van der Waals surface area contributed by atoms with Crippen LogP contribution in [0.2, 0.25) is 0 Å². The average molecular weight is 487 g/mol. The maximum absolute atomic E-state index is 12.6. The molecule has 0 saturated heterocycles. The summed E-state index contributed by atoms with van der Waals surface area (Å²) in [5.41, 5.74) is 3.70. The number of carbonyl (C=O) groups excluding carboxylic acids is 4. The van der Waals surface area contributed by atoms with Gasteiger partial charge in [-0.15, -0.1) is 0 Å². The zero-order valence-electron chi connectivity index (χ0n) is 19.8. The molecule has 2 aromatic carbocycles. The van der Waals surface area contributed by atoms with E-state index in [1.807, 2.05) is 30.3 Å². The Bertz CT molecular complexity index is 1200. The van der Waals surface area contributed by atoms with Crippen molar-refractivity contribution in [2.24, 2.45) is 5.92 Å². The van der Waals surface area contributed by atoms with Gasteiger partial charge in [-0.2, -0.15) is 0 Å². The van der Waals surface area contributed by atoms with E-state index in [1.54, 1.807) is 43.6 Å². The molecular formula is C28H26N2O6. The minimum absolute atomic E-state index is 0.0685. The van der Waals surface area contributed by atoms with Gasteiger partial charge in [0.15, 0.2) is 0 Å². The molecular weight excluding hydrogens is 460 g/mol. The molecule has 0 N–H and O–H groups in total. The molecule has 4 rings (SSSR count). The summed E-state index contributed by atoms with van der Waals surface area (Å²) >= 11 is 0. The van der Waals surface area contributed by atoms with E-state index in [2.05, 4.69) is 4.98 Å². The van der Waals surface area contributed by atoms with Crippen molar-refractivity contribution in [1.29, 1.82) is 0 Å². The standard InChI is InChI=1S/C28H26N2O6/c1-35-26-13-11-21(16-29-26)20-9-6-19(7-10-20)8-12-25(36-18-32)22(17-31)14-15-30-27(33)23-4-2-3-5-24(23)28(30)34/h2-7,9-11,13,16-18,22,25H,8,12,14-15H2,1H3. The van der Waals surface area contributed by atoms with Crippen LogP contribution in [-0.4, -0.2) is 54.2 Å². The Morgan fingerprint density at radius 1 is 0.889 bits per heavy atom. The highest BCUT2D eigenvalue weighted by Crippen LogP contribution is 2.25. The lowest BCUT2D eigenvalue weighted by atomic mass is 9.93. The molecule has 0 fully saturated rings. The number of ether oxygens (including phenoxy) is 2. The summed E-state index contributed by atoms with van der Waals surface area (Å²) in [7, 11) is 1.57. The first-order valence-electron chi connectivity index (χ1n) is 11.6. The van der Waals surface area contributed by atoms with Gasteiger partial charge in [0.2, 0.25) is 5.88 Å². The fourth-order valence-corrected chi connectivity index (χ4v) is 4.36. The first kappa shape index (κ1) is 24.8. The summed E-state index contributed by atoms with van der Waals surface area (Å²) in [5.74, 6) is -0.853. The Morgan fingerprint density at radius 3 is 2.11 bits per heavy atom. The molecule has 2 atom stereocenters. The van der Waals surface area contributed by atoms with Gasteiger partial charge < -0.3 is 14.3 Å². The first-order chi connectivity index (χ1) is 17.5. The number of methoxy groups -OCH3 is 1. The fourth-order valence-electron chi connectivity index (χ4n) is 4.36. The van der Waals surface area contributed by atoms with Gasteiger partial charge in [0.25, 0.3) is 18.3 Å². The van der Waals surface area contributed by atoms with Crippen molar-refractivity contribution in [3.63, 3.8) is 0 Å². The van der Waals surface area contributed by atoms with Crippen LogP contribution < -0.4 is 4.74 Å². The third-order valence-electron chi connectivity index (χ3n) is 6.40. The number of nitrogens with zero attached hydrogens (tertiary/aromatic N) is 2. The largest absolute Gasteiger partial charge is 0.481 e. The Balaban J connectivity index is 1.36. The number of benzene rings is 2. The summed E-state index contributed by atoms with van der Waals surface area (Å²) in [6.07, 6.45) is 3.01. The normalized spacial score (nSPS) is 14.2. The molecule has 0 aliphatic carbocycles. The van der Waals surface area contributed by atoms with Gasteiger partial charge in [0.1, 0.15) is 12.4 Å². The number of rotatable bonds is 12. The van der Waals surface area contributed by atoms with Gasteiger partial charge in [-0.1, -0.05) is 36.4 Å². The fraction of sp³-hybridized carbons (Fsp3) is 0.250. The Hall–Kier alpha value is -4.33. The van der Waals surface area contributed by atoms with E-state index in [4.69, 9.17) is 9.47 Å². The van der Waals surface area contributed by atoms with E-state index in [0.29, 0.717) is 36.3 Å². The number of aldehydes is 1. The topological polar surface area (TPSA) is 103 Å². The average Bonchev–Trinajstić information content (AvgIpc) is 3.17. The molecule has 0 spiro atoms. The molecule has 36 heavy (non-hydrogen) atoms. The van der Waals surface area contributed by atoms with E-state index in [-0.39, 0.29) is 24.8 Å². The molecule has 2 amide bonds. The number of aromatic nitrogens is 1. The Morgan fingerprint density at radius 2 is 1.56 bits per heavy atom. The van der Waals surface area contributed by atoms with Gasteiger partial charge in [-0.25, -0.2) is 4.98 Å². The Kier molecular flexibility index (Phi) is 7.85. The lowest BCUT2D eigenvalue weighted by Gasteiger charge is -2.23. The molecule has 0 bridgehead atoms. The number of fused-ring (bicyclic) bond motifs is 1. The monoisotopic (exact) mass is 486 g/mol. The quantitative estimate of drug-likeness (QED) is 0.284. The molecule has 1 aromatic heterocycles. The molecule has 8 nitrogen and oxygen atoms in total. The van der Waals surface area contributed by atoms with Crippen molar-refractivity contribution in [2.75, 3.05) is 13.7 Å². The van der Waals surface area contributed by atoms with Crippen LogP contribution in [0.5, 0.6) is 5.88 Å². The number of amides is 2. The summed E-state index contributed by atoms with van der Waals surface area (Å²) in [6.45, 7) is 0.405. The maximum atomic E-state index is 12.6. The van der Waals surface area contributed by atoms with Crippen LogP contribution in [0.1, 0.15) is 39.1 Å². The molecule has 8 heteroatoms. The van der Waals surface area contributed by atoms with Gasteiger partial charge in [0, 0.05) is 24.4 Å². The lowest BCUT2D eigenvalue weighted by Crippen LogP contribution is -2.35. The van der Waals surface area contributed by atoms with Crippen LogP contribution in [0.4, 0.5) is 0 Å². The molecule has 184 valence electrons. The van der Waals surface area contributed by atoms with Crippen LogP contribution in [0.3, 0.4) is 0 Å². The number of hydrogen-bond acceptors (Lipinski definition) is 7. The summed E-state index contributed by atoms with van der Waals surface area (Å²) < 4.78 is 10.3. The van der Waals surface area contributed by atoms with E-state index in [0.717, 1.165) is 27.9 Å². The first-order valence-corrected chi connectivity index (χ1v) is 11.6. The van der Waals surface area contributed by atoms with E-state index < -0.39 is 12.0 Å². The minimum atomic E-state index is -0.666. The van der Waals surface area contributed by atoms with Crippen LogP contribution in [0.15, 0.2) is 66.9 Å². The van der Waals surface area contributed by atoms with Crippen molar-refractivity contribution in [3.8, 4) is 17.0 Å². The number of pyridine rings is 1. The van der Waals surface area contributed by atoms with Crippen molar-refractivity contribution < 1.29 is 28.7 Å². The number of carbonyl (C=O) groups is 4. The molecule has 3 aromatic rings. The van der Waals surface area contributed by atoms with Gasteiger partial charge in [-0.05, 0) is 48.6 Å². The summed E-state index contributed by atoms with van der Waals surface area (Å²) in [6, 6.07) is 18.3. The van der Waals surface area contributed by atoms with Gasteiger partial charge in [-0.3, -0.25) is 19.3 Å². The van der Waals surface area contributed by atoms with E-state index in [9.17, 15) is 19.2 Å². The Labute approximate surface area is 208 Å².